The molecule has 1 N–H and O–H groups in total. The van der Waals surface area contributed by atoms with Gasteiger partial charge in [0.2, 0.25) is 5.91 Å². The maximum atomic E-state index is 13.0. The summed E-state index contributed by atoms with van der Waals surface area (Å²) < 4.78 is 5.39. The second-order valence-electron chi connectivity index (χ2n) is 6.72. The van der Waals surface area contributed by atoms with Crippen molar-refractivity contribution in [2.75, 3.05) is 32.1 Å². The summed E-state index contributed by atoms with van der Waals surface area (Å²) in [5.41, 5.74) is 0.512. The highest BCUT2D eigenvalue weighted by Crippen LogP contribution is 2.39. The Morgan fingerprint density at radius 3 is 2.83 bits per heavy atom. The molecule has 0 bridgehead atoms. The Balaban J connectivity index is 1.89. The number of likely N-dealkylation sites (tertiary alicyclic amines) is 1. The fraction of sp³-hybridized carbons (Fsp3) is 0.706. The van der Waals surface area contributed by atoms with Crippen LogP contribution in [-0.2, 0) is 15.1 Å². The van der Waals surface area contributed by atoms with E-state index in [0.717, 1.165) is 49.6 Å². The van der Waals surface area contributed by atoms with E-state index in [1.807, 2.05) is 24.9 Å². The van der Waals surface area contributed by atoms with Crippen LogP contribution in [0, 0.1) is 12.8 Å². The largest absolute Gasteiger partial charge is 0.381 e. The Morgan fingerprint density at radius 1 is 1.39 bits per heavy atom. The Kier molecular flexibility index (Phi) is 4.53. The van der Waals surface area contributed by atoms with E-state index in [-0.39, 0.29) is 11.8 Å². The molecule has 0 radical (unpaired) electrons. The van der Waals surface area contributed by atoms with Gasteiger partial charge in [-0.25, -0.2) is 9.97 Å². The minimum Gasteiger partial charge on any atom is -0.381 e. The predicted molar refractivity (Wildman–Crippen MR) is 88.2 cm³/mol. The monoisotopic (exact) mass is 318 g/mol. The highest BCUT2D eigenvalue weighted by atomic mass is 16.5. The smallest absolute Gasteiger partial charge is 0.226 e. The van der Waals surface area contributed by atoms with Gasteiger partial charge >= 0.3 is 0 Å². The Labute approximate surface area is 137 Å². The summed E-state index contributed by atoms with van der Waals surface area (Å²) in [6.07, 6.45) is 3.55. The van der Waals surface area contributed by atoms with E-state index in [4.69, 9.17) is 4.74 Å². The van der Waals surface area contributed by atoms with Gasteiger partial charge in [0.1, 0.15) is 5.82 Å². The van der Waals surface area contributed by atoms with Gasteiger partial charge < -0.3 is 15.0 Å². The molecule has 1 amide bonds. The van der Waals surface area contributed by atoms with Gasteiger partial charge in [0.25, 0.3) is 0 Å². The first-order valence-electron chi connectivity index (χ1n) is 8.48. The standard InChI is InChI=1S/C17H26N4O2/c1-12-11-14(18-3)20-16(19-12)17(2)7-4-8-21(17)15(22)13-5-9-23-10-6-13/h11,13H,4-10H2,1-3H3,(H,18,19,20). The summed E-state index contributed by atoms with van der Waals surface area (Å²) in [6, 6.07) is 1.92. The van der Waals surface area contributed by atoms with Crippen molar-refractivity contribution in [1.29, 1.82) is 0 Å². The first kappa shape index (κ1) is 16.2. The number of ether oxygens (including phenoxy) is 1. The van der Waals surface area contributed by atoms with E-state index < -0.39 is 5.54 Å². The van der Waals surface area contributed by atoms with Gasteiger partial charge in [-0.05, 0) is 39.5 Å². The van der Waals surface area contributed by atoms with Crippen LogP contribution in [0.2, 0.25) is 0 Å². The number of amides is 1. The number of hydrogen-bond donors (Lipinski definition) is 1. The van der Waals surface area contributed by atoms with Crippen molar-refractivity contribution in [2.24, 2.45) is 5.92 Å². The van der Waals surface area contributed by atoms with Crippen LogP contribution in [0.25, 0.3) is 0 Å². The maximum Gasteiger partial charge on any atom is 0.226 e. The van der Waals surface area contributed by atoms with Gasteiger partial charge in [-0.15, -0.1) is 0 Å². The van der Waals surface area contributed by atoms with E-state index in [1.165, 1.54) is 0 Å². The fourth-order valence-corrected chi connectivity index (χ4v) is 3.65. The number of carbonyl (C=O) groups excluding carboxylic acids is 1. The minimum atomic E-state index is -0.410. The molecule has 3 rings (SSSR count). The molecule has 23 heavy (non-hydrogen) atoms. The molecule has 2 saturated heterocycles. The molecule has 1 atom stereocenters. The molecule has 2 fully saturated rings. The number of rotatable bonds is 3. The summed E-state index contributed by atoms with van der Waals surface area (Å²) in [4.78, 5) is 24.3. The fourth-order valence-electron chi connectivity index (χ4n) is 3.65. The van der Waals surface area contributed by atoms with Gasteiger partial charge in [0.15, 0.2) is 5.82 Å². The van der Waals surface area contributed by atoms with Gasteiger partial charge in [-0.2, -0.15) is 0 Å². The number of aromatic nitrogens is 2. The zero-order valence-corrected chi connectivity index (χ0v) is 14.3. The SMILES string of the molecule is CNc1cc(C)nc(C2(C)CCCN2C(=O)C2CCOCC2)n1. The van der Waals surface area contributed by atoms with Crippen LogP contribution in [0.1, 0.15) is 44.1 Å². The Hall–Kier alpha value is -1.69. The molecule has 0 spiro atoms. The van der Waals surface area contributed by atoms with Crippen molar-refractivity contribution >= 4 is 11.7 Å². The lowest BCUT2D eigenvalue weighted by molar-refractivity contribution is -0.143. The molecule has 1 aromatic heterocycles. The van der Waals surface area contributed by atoms with Gasteiger partial charge in [0, 0.05) is 44.5 Å². The molecule has 2 aliphatic heterocycles. The minimum absolute atomic E-state index is 0.0785. The lowest BCUT2D eigenvalue weighted by Crippen LogP contribution is -2.47. The highest BCUT2D eigenvalue weighted by molar-refractivity contribution is 5.80. The van der Waals surface area contributed by atoms with Crippen LogP contribution < -0.4 is 5.32 Å². The molecule has 2 aliphatic rings. The molecular weight excluding hydrogens is 292 g/mol. The lowest BCUT2D eigenvalue weighted by Gasteiger charge is -2.37. The van der Waals surface area contributed by atoms with E-state index in [0.29, 0.717) is 13.2 Å². The van der Waals surface area contributed by atoms with Crippen molar-refractivity contribution in [1.82, 2.24) is 14.9 Å². The molecule has 0 aromatic carbocycles. The van der Waals surface area contributed by atoms with Crippen molar-refractivity contribution in [2.45, 2.75) is 45.1 Å². The van der Waals surface area contributed by atoms with E-state index >= 15 is 0 Å². The van der Waals surface area contributed by atoms with Gasteiger partial charge in [-0.3, -0.25) is 4.79 Å². The lowest BCUT2D eigenvalue weighted by atomic mass is 9.93. The van der Waals surface area contributed by atoms with Crippen molar-refractivity contribution in [3.63, 3.8) is 0 Å². The molecule has 3 heterocycles. The first-order chi connectivity index (χ1) is 11.0. The van der Waals surface area contributed by atoms with Crippen molar-refractivity contribution < 1.29 is 9.53 Å². The summed E-state index contributed by atoms with van der Waals surface area (Å²) in [7, 11) is 1.85. The van der Waals surface area contributed by atoms with E-state index in [1.54, 1.807) is 0 Å². The van der Waals surface area contributed by atoms with Gasteiger partial charge in [-0.1, -0.05) is 0 Å². The third-order valence-electron chi connectivity index (χ3n) is 5.07. The zero-order valence-electron chi connectivity index (χ0n) is 14.3. The third-order valence-corrected chi connectivity index (χ3v) is 5.07. The predicted octanol–water partition coefficient (Wildman–Crippen LogP) is 2.09. The molecule has 1 aromatic rings. The van der Waals surface area contributed by atoms with Crippen LogP contribution in [0.15, 0.2) is 6.07 Å². The van der Waals surface area contributed by atoms with Crippen molar-refractivity contribution in [3.8, 4) is 0 Å². The number of hydrogen-bond acceptors (Lipinski definition) is 5. The summed E-state index contributed by atoms with van der Waals surface area (Å²) in [5, 5.41) is 3.09. The number of anilines is 1. The number of carbonyl (C=O) groups is 1. The van der Waals surface area contributed by atoms with Crippen LogP contribution in [0.5, 0.6) is 0 Å². The number of aryl methyl sites for hydroxylation is 1. The maximum absolute atomic E-state index is 13.0. The Bertz CT molecular complexity index is 586. The van der Waals surface area contributed by atoms with Crippen LogP contribution in [0.3, 0.4) is 0 Å². The second kappa shape index (κ2) is 6.43. The second-order valence-corrected chi connectivity index (χ2v) is 6.72. The van der Waals surface area contributed by atoms with Crippen LogP contribution >= 0.6 is 0 Å². The molecular formula is C17H26N4O2. The summed E-state index contributed by atoms with van der Waals surface area (Å²) in [6.45, 7) is 6.23. The third kappa shape index (κ3) is 3.04. The average molecular weight is 318 g/mol. The average Bonchev–Trinajstić information content (AvgIpc) is 2.97. The molecule has 6 heteroatoms. The summed E-state index contributed by atoms with van der Waals surface area (Å²) in [5.74, 6) is 1.87. The van der Waals surface area contributed by atoms with Crippen molar-refractivity contribution in [3.05, 3.63) is 17.6 Å². The topological polar surface area (TPSA) is 67.4 Å². The van der Waals surface area contributed by atoms with E-state index in [2.05, 4.69) is 22.2 Å². The molecule has 126 valence electrons. The molecule has 6 nitrogen and oxygen atoms in total. The quantitative estimate of drug-likeness (QED) is 0.924. The summed E-state index contributed by atoms with van der Waals surface area (Å²) >= 11 is 0. The molecule has 0 saturated carbocycles. The molecule has 0 aliphatic carbocycles. The first-order valence-corrected chi connectivity index (χ1v) is 8.48. The van der Waals surface area contributed by atoms with Crippen LogP contribution in [0.4, 0.5) is 5.82 Å². The Morgan fingerprint density at radius 2 is 2.13 bits per heavy atom. The molecule has 1 unspecified atom stereocenters. The zero-order chi connectivity index (χ0) is 16.4. The highest BCUT2D eigenvalue weighted by Gasteiger charge is 2.45. The number of nitrogens with zero attached hydrogens (tertiary/aromatic N) is 3. The number of nitrogens with one attached hydrogen (secondary N) is 1. The van der Waals surface area contributed by atoms with Gasteiger partial charge in [0.05, 0.1) is 5.54 Å². The normalized spacial score (nSPS) is 25.6. The van der Waals surface area contributed by atoms with Crippen LogP contribution in [-0.4, -0.2) is 47.6 Å². The van der Waals surface area contributed by atoms with E-state index in [9.17, 15) is 4.79 Å².